The molecule has 68 valence electrons. The van der Waals surface area contributed by atoms with Crippen molar-refractivity contribution in [3.05, 3.63) is 34.1 Å². The number of pyridine rings is 1. The third-order valence-electron chi connectivity index (χ3n) is 2.16. The lowest BCUT2D eigenvalue weighted by Gasteiger charge is -2.26. The van der Waals surface area contributed by atoms with E-state index in [-0.39, 0.29) is 5.69 Å². The number of aromatic nitrogens is 1. The van der Waals surface area contributed by atoms with Crippen LogP contribution in [0.3, 0.4) is 0 Å². The highest BCUT2D eigenvalue weighted by molar-refractivity contribution is 5.28. The van der Waals surface area contributed by atoms with Gasteiger partial charge in [-0.15, -0.1) is 0 Å². The van der Waals surface area contributed by atoms with Crippen molar-refractivity contribution in [2.24, 2.45) is 0 Å². The predicted molar refractivity (Wildman–Crippen MR) is 46.3 cm³/mol. The summed E-state index contributed by atoms with van der Waals surface area (Å²) in [5.74, 6) is 0. The van der Waals surface area contributed by atoms with Crippen molar-refractivity contribution in [1.82, 2.24) is 10.3 Å². The van der Waals surface area contributed by atoms with Crippen LogP contribution < -0.4 is 5.32 Å². The second kappa shape index (κ2) is 3.10. The first kappa shape index (κ1) is 8.12. The standard InChI is InChI=1S/C8H9N3O2/c12-11(13)6-1-2-7(10-5-6)8-3-4-9-8/h1-2,5,8-9H,3-4H2. The van der Waals surface area contributed by atoms with Crippen LogP contribution >= 0.6 is 0 Å². The molecular weight excluding hydrogens is 170 g/mol. The van der Waals surface area contributed by atoms with Gasteiger partial charge in [-0.2, -0.15) is 0 Å². The van der Waals surface area contributed by atoms with E-state index >= 15 is 0 Å². The summed E-state index contributed by atoms with van der Waals surface area (Å²) in [6, 6.07) is 3.48. The number of hydrogen-bond acceptors (Lipinski definition) is 4. The summed E-state index contributed by atoms with van der Waals surface area (Å²) in [4.78, 5) is 13.9. The maximum atomic E-state index is 10.3. The van der Waals surface area contributed by atoms with Crippen molar-refractivity contribution >= 4 is 5.69 Å². The van der Waals surface area contributed by atoms with Crippen molar-refractivity contribution in [1.29, 1.82) is 0 Å². The highest BCUT2D eigenvalue weighted by Crippen LogP contribution is 2.21. The Morgan fingerprint density at radius 2 is 2.38 bits per heavy atom. The van der Waals surface area contributed by atoms with Crippen molar-refractivity contribution in [2.75, 3.05) is 6.54 Å². The second-order valence-corrected chi connectivity index (χ2v) is 2.99. The first-order valence-electron chi connectivity index (χ1n) is 4.11. The van der Waals surface area contributed by atoms with Gasteiger partial charge in [-0.05, 0) is 19.0 Å². The fourth-order valence-corrected chi connectivity index (χ4v) is 1.25. The lowest BCUT2D eigenvalue weighted by Crippen LogP contribution is -2.35. The van der Waals surface area contributed by atoms with E-state index in [1.54, 1.807) is 6.07 Å². The van der Waals surface area contributed by atoms with Gasteiger partial charge in [0.25, 0.3) is 5.69 Å². The minimum absolute atomic E-state index is 0.0445. The molecule has 1 aromatic heterocycles. The van der Waals surface area contributed by atoms with E-state index in [9.17, 15) is 10.1 Å². The molecule has 0 saturated carbocycles. The molecule has 13 heavy (non-hydrogen) atoms. The van der Waals surface area contributed by atoms with Crippen LogP contribution in [0.5, 0.6) is 0 Å². The van der Waals surface area contributed by atoms with E-state index in [0.29, 0.717) is 6.04 Å². The summed E-state index contributed by atoms with van der Waals surface area (Å²) >= 11 is 0. The first-order chi connectivity index (χ1) is 6.27. The highest BCUT2D eigenvalue weighted by atomic mass is 16.6. The molecule has 1 fully saturated rings. The maximum Gasteiger partial charge on any atom is 0.287 e. The van der Waals surface area contributed by atoms with E-state index in [4.69, 9.17) is 0 Å². The minimum atomic E-state index is -0.440. The molecule has 1 saturated heterocycles. The average molecular weight is 179 g/mol. The first-order valence-corrected chi connectivity index (χ1v) is 4.11. The van der Waals surface area contributed by atoms with Crippen LogP contribution in [-0.4, -0.2) is 16.5 Å². The second-order valence-electron chi connectivity index (χ2n) is 2.99. The van der Waals surface area contributed by atoms with Gasteiger partial charge in [-0.1, -0.05) is 0 Å². The largest absolute Gasteiger partial charge is 0.309 e. The number of nitro groups is 1. The van der Waals surface area contributed by atoms with E-state index < -0.39 is 4.92 Å². The predicted octanol–water partition coefficient (Wildman–Crippen LogP) is 1.02. The molecule has 0 amide bonds. The summed E-state index contributed by atoms with van der Waals surface area (Å²) in [6.45, 7) is 1.00. The molecule has 0 radical (unpaired) electrons. The van der Waals surface area contributed by atoms with Gasteiger partial charge in [-0.3, -0.25) is 15.1 Å². The molecule has 1 aromatic rings. The van der Waals surface area contributed by atoms with Crippen molar-refractivity contribution in [2.45, 2.75) is 12.5 Å². The molecule has 1 atom stereocenters. The highest BCUT2D eigenvalue weighted by Gasteiger charge is 2.20. The van der Waals surface area contributed by atoms with Gasteiger partial charge in [0.15, 0.2) is 0 Å². The Morgan fingerprint density at radius 1 is 1.62 bits per heavy atom. The smallest absolute Gasteiger partial charge is 0.287 e. The lowest BCUT2D eigenvalue weighted by molar-refractivity contribution is -0.385. The number of nitrogens with zero attached hydrogens (tertiary/aromatic N) is 2. The Morgan fingerprint density at radius 3 is 2.77 bits per heavy atom. The molecule has 0 bridgehead atoms. The third-order valence-corrected chi connectivity index (χ3v) is 2.16. The lowest BCUT2D eigenvalue weighted by atomic mass is 10.0. The fraction of sp³-hybridized carbons (Fsp3) is 0.375. The summed E-state index contributed by atoms with van der Waals surface area (Å²) in [6.07, 6.45) is 2.36. The normalized spacial score (nSPS) is 20.8. The quantitative estimate of drug-likeness (QED) is 0.543. The van der Waals surface area contributed by atoms with Gasteiger partial charge < -0.3 is 5.32 Å². The van der Waals surface area contributed by atoms with Crippen LogP contribution in [-0.2, 0) is 0 Å². The minimum Gasteiger partial charge on any atom is -0.309 e. The monoisotopic (exact) mass is 179 g/mol. The maximum absolute atomic E-state index is 10.3. The Balaban J connectivity index is 2.17. The Kier molecular flexibility index (Phi) is 1.94. The molecule has 0 aromatic carbocycles. The van der Waals surface area contributed by atoms with E-state index in [2.05, 4.69) is 10.3 Å². The number of nitrogens with one attached hydrogen (secondary N) is 1. The molecule has 1 aliphatic rings. The number of rotatable bonds is 2. The SMILES string of the molecule is O=[N+]([O-])c1ccc(C2CCN2)nc1. The van der Waals surface area contributed by atoms with Gasteiger partial charge in [0, 0.05) is 6.07 Å². The van der Waals surface area contributed by atoms with E-state index in [1.165, 1.54) is 12.3 Å². The molecular formula is C8H9N3O2. The molecule has 0 spiro atoms. The van der Waals surface area contributed by atoms with Crippen LogP contribution in [0, 0.1) is 10.1 Å². The molecule has 5 heteroatoms. The van der Waals surface area contributed by atoms with Gasteiger partial charge in [0.1, 0.15) is 6.20 Å². The van der Waals surface area contributed by atoms with E-state index in [1.807, 2.05) is 0 Å². The number of hydrogen-bond donors (Lipinski definition) is 1. The Bertz CT molecular complexity index is 319. The average Bonchev–Trinajstić information content (AvgIpc) is 2.02. The van der Waals surface area contributed by atoms with Crippen LogP contribution in [0.1, 0.15) is 18.2 Å². The van der Waals surface area contributed by atoms with Crippen molar-refractivity contribution < 1.29 is 4.92 Å². The van der Waals surface area contributed by atoms with Crippen molar-refractivity contribution in [3.8, 4) is 0 Å². The summed E-state index contributed by atoms with van der Waals surface area (Å²) in [5, 5.41) is 13.5. The zero-order valence-electron chi connectivity index (χ0n) is 6.93. The zero-order chi connectivity index (χ0) is 9.26. The fourth-order valence-electron chi connectivity index (χ4n) is 1.25. The van der Waals surface area contributed by atoms with E-state index in [0.717, 1.165) is 18.7 Å². The van der Waals surface area contributed by atoms with Crippen molar-refractivity contribution in [3.63, 3.8) is 0 Å². The van der Waals surface area contributed by atoms with Crippen LogP contribution in [0.15, 0.2) is 18.3 Å². The molecule has 1 aliphatic heterocycles. The van der Waals surface area contributed by atoms with Crippen LogP contribution in [0.2, 0.25) is 0 Å². The Labute approximate surface area is 74.9 Å². The van der Waals surface area contributed by atoms with Gasteiger partial charge in [0.05, 0.1) is 16.7 Å². The van der Waals surface area contributed by atoms with Crippen LogP contribution in [0.4, 0.5) is 5.69 Å². The molecule has 1 unspecified atom stereocenters. The zero-order valence-corrected chi connectivity index (χ0v) is 6.93. The van der Waals surface area contributed by atoms with Gasteiger partial charge >= 0.3 is 0 Å². The third kappa shape index (κ3) is 1.50. The molecule has 0 aliphatic carbocycles. The molecule has 5 nitrogen and oxygen atoms in total. The summed E-state index contributed by atoms with van der Waals surface area (Å²) < 4.78 is 0. The van der Waals surface area contributed by atoms with Crippen LogP contribution in [0.25, 0.3) is 0 Å². The summed E-state index contributed by atoms with van der Waals surface area (Å²) in [5.41, 5.74) is 0.930. The molecule has 1 N–H and O–H groups in total. The Hall–Kier alpha value is -1.49. The van der Waals surface area contributed by atoms with Gasteiger partial charge in [0.2, 0.25) is 0 Å². The topological polar surface area (TPSA) is 68.1 Å². The molecule has 2 heterocycles. The summed E-state index contributed by atoms with van der Waals surface area (Å²) in [7, 11) is 0. The molecule has 2 rings (SSSR count). The van der Waals surface area contributed by atoms with Gasteiger partial charge in [-0.25, -0.2) is 0 Å².